The van der Waals surface area contributed by atoms with Crippen LogP contribution < -0.4 is 5.32 Å². The zero-order valence-corrected chi connectivity index (χ0v) is 13.3. The van der Waals surface area contributed by atoms with Crippen LogP contribution in [0.1, 0.15) is 49.8 Å². The molecule has 0 saturated heterocycles. The Morgan fingerprint density at radius 3 is 3.00 bits per heavy atom. The van der Waals surface area contributed by atoms with E-state index in [0.29, 0.717) is 6.04 Å². The number of fused-ring (bicyclic) bond motifs is 1. The van der Waals surface area contributed by atoms with E-state index in [-0.39, 0.29) is 0 Å². The topological polar surface area (TPSA) is 21.3 Å². The van der Waals surface area contributed by atoms with Crippen LogP contribution in [-0.2, 0) is 11.2 Å². The normalized spacial score (nSPS) is 17.7. The predicted octanol–water partition coefficient (Wildman–Crippen LogP) is 4.23. The van der Waals surface area contributed by atoms with Gasteiger partial charge in [-0.1, -0.05) is 41.4 Å². The Morgan fingerprint density at radius 1 is 1.32 bits per heavy atom. The lowest BCUT2D eigenvalue weighted by molar-refractivity contribution is 0.128. The van der Waals surface area contributed by atoms with E-state index >= 15 is 0 Å². The Labute approximate surface area is 125 Å². The van der Waals surface area contributed by atoms with E-state index < -0.39 is 0 Å². The molecule has 1 aliphatic carbocycles. The van der Waals surface area contributed by atoms with Crippen LogP contribution in [0.5, 0.6) is 0 Å². The number of hydrogen-bond acceptors (Lipinski definition) is 2. The molecule has 1 N–H and O–H groups in total. The van der Waals surface area contributed by atoms with Crippen molar-refractivity contribution in [3.63, 3.8) is 0 Å². The summed E-state index contributed by atoms with van der Waals surface area (Å²) >= 11 is 3.64. The molecule has 0 fully saturated rings. The highest BCUT2D eigenvalue weighted by Gasteiger charge is 2.22. The number of unbranched alkanes of at least 4 members (excludes halogenated alkanes) is 1. The highest BCUT2D eigenvalue weighted by molar-refractivity contribution is 9.10. The number of halogens is 1. The van der Waals surface area contributed by atoms with Gasteiger partial charge in [0.1, 0.15) is 0 Å². The van der Waals surface area contributed by atoms with Gasteiger partial charge in [-0.25, -0.2) is 0 Å². The van der Waals surface area contributed by atoms with Crippen molar-refractivity contribution in [1.82, 2.24) is 5.32 Å². The van der Waals surface area contributed by atoms with Gasteiger partial charge in [0.2, 0.25) is 0 Å². The lowest BCUT2D eigenvalue weighted by atomic mass is 10.1. The van der Waals surface area contributed by atoms with Gasteiger partial charge in [-0.2, -0.15) is 0 Å². The fourth-order valence-electron chi connectivity index (χ4n) is 2.62. The van der Waals surface area contributed by atoms with Gasteiger partial charge in [0, 0.05) is 23.7 Å². The van der Waals surface area contributed by atoms with E-state index in [1.807, 2.05) is 0 Å². The first-order valence-corrected chi connectivity index (χ1v) is 8.20. The Bertz CT molecular complexity index is 394. The Kier molecular flexibility index (Phi) is 6.35. The largest absolute Gasteiger partial charge is 0.381 e. The highest BCUT2D eigenvalue weighted by atomic mass is 79.9. The molecule has 1 aromatic rings. The maximum absolute atomic E-state index is 5.58. The second-order valence-electron chi connectivity index (χ2n) is 5.17. The number of hydrogen-bond donors (Lipinski definition) is 1. The third kappa shape index (κ3) is 4.30. The first-order chi connectivity index (χ1) is 9.33. The molecule has 0 bridgehead atoms. The Hall–Kier alpha value is -0.380. The third-order valence-corrected chi connectivity index (χ3v) is 4.45. The first-order valence-electron chi connectivity index (χ1n) is 7.41. The van der Waals surface area contributed by atoms with E-state index in [2.05, 4.69) is 46.4 Å². The summed E-state index contributed by atoms with van der Waals surface area (Å²) in [6, 6.07) is 7.06. The van der Waals surface area contributed by atoms with Gasteiger partial charge in [0.15, 0.2) is 0 Å². The fraction of sp³-hybridized carbons (Fsp3) is 0.625. The van der Waals surface area contributed by atoms with E-state index in [1.54, 1.807) is 0 Å². The van der Waals surface area contributed by atoms with Crippen molar-refractivity contribution in [2.75, 3.05) is 19.8 Å². The van der Waals surface area contributed by atoms with Crippen LogP contribution in [0.25, 0.3) is 0 Å². The van der Waals surface area contributed by atoms with E-state index in [9.17, 15) is 0 Å². The summed E-state index contributed by atoms with van der Waals surface area (Å²) in [6.45, 7) is 5.03. The van der Waals surface area contributed by atoms with Crippen LogP contribution in [0.3, 0.4) is 0 Å². The molecule has 0 saturated carbocycles. The molecular formula is C16H24BrNO. The van der Waals surface area contributed by atoms with Crippen molar-refractivity contribution in [2.45, 2.75) is 45.1 Å². The minimum Gasteiger partial charge on any atom is -0.381 e. The minimum absolute atomic E-state index is 0.531. The van der Waals surface area contributed by atoms with Crippen LogP contribution in [0.2, 0.25) is 0 Å². The van der Waals surface area contributed by atoms with E-state index in [4.69, 9.17) is 4.74 Å². The summed E-state index contributed by atoms with van der Waals surface area (Å²) in [7, 11) is 0. The monoisotopic (exact) mass is 325 g/mol. The van der Waals surface area contributed by atoms with Crippen LogP contribution in [-0.4, -0.2) is 19.8 Å². The molecular weight excluding hydrogens is 302 g/mol. The average Bonchev–Trinajstić information content (AvgIpc) is 2.83. The molecule has 0 heterocycles. The zero-order valence-electron chi connectivity index (χ0n) is 11.8. The van der Waals surface area contributed by atoms with Gasteiger partial charge in [-0.15, -0.1) is 0 Å². The number of rotatable bonds is 8. The molecule has 3 heteroatoms. The van der Waals surface area contributed by atoms with Crippen molar-refractivity contribution >= 4 is 15.9 Å². The van der Waals surface area contributed by atoms with Crippen LogP contribution in [0.4, 0.5) is 0 Å². The molecule has 1 aromatic carbocycles. The lowest BCUT2D eigenvalue weighted by Gasteiger charge is -2.14. The molecule has 0 aliphatic heterocycles. The van der Waals surface area contributed by atoms with Gasteiger partial charge in [0.05, 0.1) is 0 Å². The smallest absolute Gasteiger partial charge is 0.0478 e. The molecule has 0 spiro atoms. The molecule has 2 rings (SSSR count). The summed E-state index contributed by atoms with van der Waals surface area (Å²) in [5.41, 5.74) is 2.96. The summed E-state index contributed by atoms with van der Waals surface area (Å²) in [4.78, 5) is 0. The van der Waals surface area contributed by atoms with Crippen LogP contribution >= 0.6 is 15.9 Å². The maximum atomic E-state index is 5.58. The minimum atomic E-state index is 0.531. The summed E-state index contributed by atoms with van der Waals surface area (Å²) in [6.07, 6.45) is 5.89. The van der Waals surface area contributed by atoms with E-state index in [1.165, 1.54) is 41.3 Å². The van der Waals surface area contributed by atoms with Gasteiger partial charge in [-0.05, 0) is 49.4 Å². The second kappa shape index (κ2) is 8.03. The quantitative estimate of drug-likeness (QED) is 0.722. The summed E-state index contributed by atoms with van der Waals surface area (Å²) in [5.74, 6) is 0. The molecule has 2 nitrogen and oxygen atoms in total. The summed E-state index contributed by atoms with van der Waals surface area (Å²) < 4.78 is 6.84. The van der Waals surface area contributed by atoms with Crippen molar-refractivity contribution < 1.29 is 4.74 Å². The average molecular weight is 326 g/mol. The van der Waals surface area contributed by atoms with Gasteiger partial charge < -0.3 is 10.1 Å². The van der Waals surface area contributed by atoms with Crippen LogP contribution in [0.15, 0.2) is 22.7 Å². The molecule has 19 heavy (non-hydrogen) atoms. The van der Waals surface area contributed by atoms with E-state index in [0.717, 1.165) is 26.2 Å². The maximum Gasteiger partial charge on any atom is 0.0478 e. The summed E-state index contributed by atoms with van der Waals surface area (Å²) in [5, 5.41) is 3.66. The molecule has 0 radical (unpaired) electrons. The fourth-order valence-corrected chi connectivity index (χ4v) is 3.20. The number of nitrogens with one attached hydrogen (secondary N) is 1. The molecule has 106 valence electrons. The van der Waals surface area contributed by atoms with Gasteiger partial charge in [0.25, 0.3) is 0 Å². The van der Waals surface area contributed by atoms with Gasteiger partial charge in [-0.3, -0.25) is 0 Å². The van der Waals surface area contributed by atoms with Gasteiger partial charge >= 0.3 is 0 Å². The second-order valence-corrected chi connectivity index (χ2v) is 6.03. The third-order valence-electron chi connectivity index (χ3n) is 3.71. The Morgan fingerprint density at radius 2 is 2.16 bits per heavy atom. The predicted molar refractivity (Wildman–Crippen MR) is 83.6 cm³/mol. The van der Waals surface area contributed by atoms with Crippen molar-refractivity contribution in [1.29, 1.82) is 0 Å². The van der Waals surface area contributed by atoms with Crippen LogP contribution in [0, 0.1) is 0 Å². The molecule has 1 atom stereocenters. The van der Waals surface area contributed by atoms with Crippen molar-refractivity contribution in [3.05, 3.63) is 33.8 Å². The SMILES string of the molecule is CCCCOCCCNC1CCc2c(Br)cccc21. The van der Waals surface area contributed by atoms with Crippen molar-refractivity contribution in [3.8, 4) is 0 Å². The zero-order chi connectivity index (χ0) is 13.5. The molecule has 1 unspecified atom stereocenters. The van der Waals surface area contributed by atoms with Crippen molar-refractivity contribution in [2.24, 2.45) is 0 Å². The Balaban J connectivity index is 1.67. The lowest BCUT2D eigenvalue weighted by Crippen LogP contribution is -2.21. The molecule has 1 aliphatic rings. The highest BCUT2D eigenvalue weighted by Crippen LogP contribution is 2.35. The standard InChI is InChI=1S/C16H24BrNO/c1-2-3-11-19-12-5-10-18-16-9-8-13-14(16)6-4-7-15(13)17/h4,6-7,16,18H,2-3,5,8-12H2,1H3. The number of ether oxygens (including phenoxy) is 1. The molecule has 0 amide bonds. The molecule has 0 aromatic heterocycles. The number of benzene rings is 1. The first kappa shape index (κ1) is 15.0.